The lowest BCUT2D eigenvalue weighted by atomic mass is 9.92. The van der Waals surface area contributed by atoms with Gasteiger partial charge in [0, 0.05) is 37.8 Å². The van der Waals surface area contributed by atoms with E-state index in [9.17, 15) is 0 Å². The van der Waals surface area contributed by atoms with Crippen LogP contribution in [0.2, 0.25) is 0 Å². The van der Waals surface area contributed by atoms with Gasteiger partial charge in [0.25, 0.3) is 0 Å². The zero-order valence-electron chi connectivity index (χ0n) is 13.9. The quantitative estimate of drug-likeness (QED) is 0.766. The molecule has 0 aromatic rings. The lowest BCUT2D eigenvalue weighted by Crippen LogP contribution is -2.47. The Balaban J connectivity index is 2.27. The third kappa shape index (κ3) is 5.80. The van der Waals surface area contributed by atoms with Crippen LogP contribution in [0.3, 0.4) is 0 Å². The molecule has 1 aliphatic heterocycles. The Labute approximate surface area is 120 Å². The van der Waals surface area contributed by atoms with Crippen LogP contribution in [0.1, 0.15) is 47.5 Å². The van der Waals surface area contributed by atoms with Crippen LogP contribution in [-0.2, 0) is 0 Å². The molecule has 3 heteroatoms. The molecule has 3 nitrogen and oxygen atoms in total. The number of rotatable bonds is 7. The van der Waals surface area contributed by atoms with Gasteiger partial charge in [-0.3, -0.25) is 4.90 Å². The Hall–Kier alpha value is -0.120. The predicted molar refractivity (Wildman–Crippen MR) is 84.7 cm³/mol. The zero-order chi connectivity index (χ0) is 14.4. The molecule has 1 rings (SSSR count). The number of likely N-dealkylation sites (tertiary alicyclic amines) is 1. The molecular weight excluding hydrogens is 234 g/mol. The van der Waals surface area contributed by atoms with Crippen LogP contribution in [-0.4, -0.2) is 61.2 Å². The minimum absolute atomic E-state index is 0.637. The van der Waals surface area contributed by atoms with Crippen molar-refractivity contribution in [1.29, 1.82) is 0 Å². The van der Waals surface area contributed by atoms with Gasteiger partial charge in [-0.05, 0) is 67.0 Å². The summed E-state index contributed by atoms with van der Waals surface area (Å²) in [6, 6.07) is 1.92. The predicted octanol–water partition coefficient (Wildman–Crippen LogP) is 2.43. The van der Waals surface area contributed by atoms with Crippen molar-refractivity contribution in [2.24, 2.45) is 5.92 Å². The van der Waals surface area contributed by atoms with Crippen molar-refractivity contribution in [2.45, 2.75) is 65.6 Å². The topological polar surface area (TPSA) is 18.5 Å². The molecule has 1 fully saturated rings. The highest BCUT2D eigenvalue weighted by atomic mass is 15.2. The van der Waals surface area contributed by atoms with E-state index in [1.54, 1.807) is 0 Å². The van der Waals surface area contributed by atoms with Gasteiger partial charge in [0.1, 0.15) is 0 Å². The van der Waals surface area contributed by atoms with Crippen LogP contribution in [0.5, 0.6) is 0 Å². The molecule has 0 saturated carbocycles. The molecule has 0 radical (unpaired) electrons. The molecule has 0 spiro atoms. The molecule has 0 aromatic heterocycles. The Morgan fingerprint density at radius 2 is 1.79 bits per heavy atom. The Kier molecular flexibility index (Phi) is 7.33. The first-order valence-electron chi connectivity index (χ1n) is 8.09. The second kappa shape index (κ2) is 8.23. The highest BCUT2D eigenvalue weighted by Gasteiger charge is 2.22. The average Bonchev–Trinajstić information content (AvgIpc) is 2.33. The normalized spacial score (nSPS) is 23.5. The molecule has 0 amide bonds. The standard InChI is InChI=1S/C16H35N3/c1-13(2)19(14(3)4)11-9-17-15(5)16-8-7-10-18(6)12-16/h13-17H,7-12H2,1-6H3. The van der Waals surface area contributed by atoms with Crippen molar-refractivity contribution >= 4 is 0 Å². The SMILES string of the molecule is CC(NCCN(C(C)C)C(C)C)C1CCCN(C)C1. The molecule has 1 aliphatic rings. The first-order chi connectivity index (χ1) is 8.91. The molecule has 0 bridgehead atoms. The maximum absolute atomic E-state index is 3.74. The Bertz CT molecular complexity index is 232. The van der Waals surface area contributed by atoms with Crippen molar-refractivity contribution in [3.8, 4) is 0 Å². The van der Waals surface area contributed by atoms with E-state index < -0.39 is 0 Å². The van der Waals surface area contributed by atoms with E-state index in [4.69, 9.17) is 0 Å². The van der Waals surface area contributed by atoms with Crippen molar-refractivity contribution in [2.75, 3.05) is 33.2 Å². The van der Waals surface area contributed by atoms with Crippen molar-refractivity contribution in [3.05, 3.63) is 0 Å². The fraction of sp³-hybridized carbons (Fsp3) is 1.00. The average molecular weight is 269 g/mol. The van der Waals surface area contributed by atoms with Gasteiger partial charge in [0.05, 0.1) is 0 Å². The third-order valence-corrected chi connectivity index (χ3v) is 4.53. The van der Waals surface area contributed by atoms with Gasteiger partial charge in [0.2, 0.25) is 0 Å². The summed E-state index contributed by atoms with van der Waals surface area (Å²) < 4.78 is 0. The van der Waals surface area contributed by atoms with Crippen LogP contribution in [0.15, 0.2) is 0 Å². The van der Waals surface area contributed by atoms with Gasteiger partial charge >= 0.3 is 0 Å². The summed E-state index contributed by atoms with van der Waals surface area (Å²) in [6.07, 6.45) is 2.74. The number of nitrogens with one attached hydrogen (secondary N) is 1. The van der Waals surface area contributed by atoms with Gasteiger partial charge in [0.15, 0.2) is 0 Å². The number of hydrogen-bond donors (Lipinski definition) is 1. The van der Waals surface area contributed by atoms with Gasteiger partial charge in [-0.2, -0.15) is 0 Å². The summed E-state index contributed by atoms with van der Waals surface area (Å²) in [7, 11) is 2.25. The molecule has 0 aliphatic carbocycles. The van der Waals surface area contributed by atoms with Crippen LogP contribution in [0, 0.1) is 5.92 Å². The Morgan fingerprint density at radius 1 is 1.16 bits per heavy atom. The van der Waals surface area contributed by atoms with E-state index in [0.717, 1.165) is 19.0 Å². The van der Waals surface area contributed by atoms with Gasteiger partial charge in [-0.15, -0.1) is 0 Å². The zero-order valence-corrected chi connectivity index (χ0v) is 13.9. The first kappa shape index (κ1) is 16.9. The van der Waals surface area contributed by atoms with E-state index in [0.29, 0.717) is 18.1 Å². The maximum atomic E-state index is 3.74. The summed E-state index contributed by atoms with van der Waals surface area (Å²) in [6.45, 7) is 16.3. The van der Waals surface area contributed by atoms with Crippen LogP contribution in [0.4, 0.5) is 0 Å². The summed E-state index contributed by atoms with van der Waals surface area (Å²) in [5.41, 5.74) is 0. The van der Waals surface area contributed by atoms with Gasteiger partial charge in [-0.25, -0.2) is 0 Å². The summed E-state index contributed by atoms with van der Waals surface area (Å²) in [4.78, 5) is 5.04. The highest BCUT2D eigenvalue weighted by molar-refractivity contribution is 4.79. The van der Waals surface area contributed by atoms with Crippen molar-refractivity contribution in [3.63, 3.8) is 0 Å². The summed E-state index contributed by atoms with van der Waals surface area (Å²) >= 11 is 0. The molecule has 114 valence electrons. The highest BCUT2D eigenvalue weighted by Crippen LogP contribution is 2.18. The first-order valence-corrected chi connectivity index (χ1v) is 8.09. The van der Waals surface area contributed by atoms with Crippen LogP contribution >= 0.6 is 0 Å². The van der Waals surface area contributed by atoms with Gasteiger partial charge < -0.3 is 10.2 Å². The molecule has 19 heavy (non-hydrogen) atoms. The fourth-order valence-electron chi connectivity index (χ4n) is 3.32. The van der Waals surface area contributed by atoms with E-state index in [2.05, 4.69) is 56.8 Å². The molecule has 1 heterocycles. The van der Waals surface area contributed by atoms with E-state index in [1.165, 1.54) is 25.9 Å². The largest absolute Gasteiger partial charge is 0.313 e. The maximum Gasteiger partial charge on any atom is 0.0112 e. The number of nitrogens with zero attached hydrogens (tertiary/aromatic N) is 2. The Morgan fingerprint density at radius 3 is 2.32 bits per heavy atom. The monoisotopic (exact) mass is 269 g/mol. The third-order valence-electron chi connectivity index (χ3n) is 4.53. The lowest BCUT2D eigenvalue weighted by Gasteiger charge is -2.35. The van der Waals surface area contributed by atoms with Gasteiger partial charge in [-0.1, -0.05) is 0 Å². The number of hydrogen-bond acceptors (Lipinski definition) is 3. The minimum atomic E-state index is 0.637. The molecule has 1 saturated heterocycles. The second-order valence-electron chi connectivity index (χ2n) is 6.83. The molecule has 0 aromatic carbocycles. The van der Waals surface area contributed by atoms with Crippen molar-refractivity contribution < 1.29 is 0 Å². The lowest BCUT2D eigenvalue weighted by molar-refractivity contribution is 0.157. The van der Waals surface area contributed by atoms with Crippen LogP contribution < -0.4 is 5.32 Å². The molecule has 2 atom stereocenters. The number of piperidine rings is 1. The van der Waals surface area contributed by atoms with E-state index >= 15 is 0 Å². The molecular formula is C16H35N3. The summed E-state index contributed by atoms with van der Waals surface area (Å²) in [5.74, 6) is 0.824. The smallest absolute Gasteiger partial charge is 0.0112 e. The second-order valence-corrected chi connectivity index (χ2v) is 6.83. The summed E-state index contributed by atoms with van der Waals surface area (Å²) in [5, 5.41) is 3.74. The molecule has 2 unspecified atom stereocenters. The van der Waals surface area contributed by atoms with Crippen molar-refractivity contribution in [1.82, 2.24) is 15.1 Å². The molecule has 1 N–H and O–H groups in total. The minimum Gasteiger partial charge on any atom is -0.313 e. The fourth-order valence-corrected chi connectivity index (χ4v) is 3.32. The van der Waals surface area contributed by atoms with E-state index in [-0.39, 0.29) is 0 Å². The van der Waals surface area contributed by atoms with Crippen LogP contribution in [0.25, 0.3) is 0 Å². The van der Waals surface area contributed by atoms with E-state index in [1.807, 2.05) is 0 Å².